The first-order chi connectivity index (χ1) is 9.24. The molecule has 0 saturated heterocycles. The van der Waals surface area contributed by atoms with Crippen molar-refractivity contribution in [3.8, 4) is 0 Å². The number of methoxy groups -OCH3 is 1. The number of carboxylic acids is 1. The highest BCUT2D eigenvalue weighted by Gasteiger charge is 2.31. The van der Waals surface area contributed by atoms with E-state index in [2.05, 4.69) is 4.74 Å². The third-order valence-corrected chi connectivity index (χ3v) is 2.35. The van der Waals surface area contributed by atoms with Gasteiger partial charge in [-0.1, -0.05) is 12.2 Å². The van der Waals surface area contributed by atoms with Gasteiger partial charge in [0, 0.05) is 0 Å². The number of rotatable bonds is 4. The Labute approximate surface area is 112 Å². The lowest BCUT2D eigenvalue weighted by atomic mass is 10.0. The molecule has 4 nitrogen and oxygen atoms in total. The van der Waals surface area contributed by atoms with E-state index in [0.29, 0.717) is 6.07 Å². The van der Waals surface area contributed by atoms with E-state index in [9.17, 15) is 22.8 Å². The molecule has 1 aromatic carbocycles. The Morgan fingerprint density at radius 3 is 2.45 bits per heavy atom. The summed E-state index contributed by atoms with van der Waals surface area (Å²) >= 11 is 0. The number of carboxylic acid groups (broad SMARTS) is 1. The van der Waals surface area contributed by atoms with Crippen LogP contribution in [-0.2, 0) is 15.7 Å². The van der Waals surface area contributed by atoms with Crippen molar-refractivity contribution in [2.45, 2.75) is 12.6 Å². The number of halogens is 3. The molecule has 0 aromatic heterocycles. The van der Waals surface area contributed by atoms with E-state index in [1.165, 1.54) is 19.3 Å². The molecule has 0 fully saturated rings. The minimum absolute atomic E-state index is 0.0427. The highest BCUT2D eigenvalue weighted by molar-refractivity contribution is 5.88. The van der Waals surface area contributed by atoms with Crippen molar-refractivity contribution in [1.82, 2.24) is 0 Å². The molecule has 0 atom stereocenters. The van der Waals surface area contributed by atoms with Gasteiger partial charge >= 0.3 is 18.1 Å². The summed E-state index contributed by atoms with van der Waals surface area (Å²) in [6.45, 7) is 0. The van der Waals surface area contributed by atoms with Crippen molar-refractivity contribution < 1.29 is 32.6 Å². The maximum Gasteiger partial charge on any atom is 0.416 e. The fourth-order valence-corrected chi connectivity index (χ4v) is 1.41. The fourth-order valence-electron chi connectivity index (χ4n) is 1.41. The molecule has 0 spiro atoms. The summed E-state index contributed by atoms with van der Waals surface area (Å²) in [4.78, 5) is 21.7. The zero-order chi connectivity index (χ0) is 15.3. The number of hydrogen-bond acceptors (Lipinski definition) is 3. The van der Waals surface area contributed by atoms with E-state index in [4.69, 9.17) is 5.11 Å². The predicted molar refractivity (Wildman–Crippen MR) is 64.1 cm³/mol. The van der Waals surface area contributed by atoms with Crippen LogP contribution in [0.1, 0.15) is 27.9 Å². The second kappa shape index (κ2) is 6.23. The average Bonchev–Trinajstić information content (AvgIpc) is 2.37. The van der Waals surface area contributed by atoms with Crippen LogP contribution in [0.5, 0.6) is 0 Å². The molecule has 0 amide bonds. The molecule has 0 saturated carbocycles. The standard InChI is InChI=1S/C13H11F3O4/c1-20-11(17)4-2-3-8-5-9(12(18)19)7-10(6-8)13(14,15)16/h2-3,5-7H,4H2,1H3,(H,18,19). The Balaban J connectivity index is 3.10. The lowest BCUT2D eigenvalue weighted by molar-refractivity contribution is -0.139. The van der Waals surface area contributed by atoms with Gasteiger partial charge < -0.3 is 9.84 Å². The van der Waals surface area contributed by atoms with E-state index in [0.717, 1.165) is 12.1 Å². The lowest BCUT2D eigenvalue weighted by Crippen LogP contribution is -2.08. The molecule has 7 heteroatoms. The maximum absolute atomic E-state index is 12.6. The number of ether oxygens (including phenoxy) is 1. The molecule has 0 heterocycles. The highest BCUT2D eigenvalue weighted by Crippen LogP contribution is 2.31. The fraction of sp³-hybridized carbons (Fsp3) is 0.231. The summed E-state index contributed by atoms with van der Waals surface area (Å²) < 4.78 is 42.2. The van der Waals surface area contributed by atoms with Crippen LogP contribution in [0.2, 0.25) is 0 Å². The van der Waals surface area contributed by atoms with Crippen LogP contribution >= 0.6 is 0 Å². The van der Waals surface area contributed by atoms with Crippen molar-refractivity contribution in [3.63, 3.8) is 0 Å². The number of carbonyl (C=O) groups is 2. The van der Waals surface area contributed by atoms with Gasteiger partial charge in [0.25, 0.3) is 0 Å². The van der Waals surface area contributed by atoms with Gasteiger partial charge in [0.1, 0.15) is 0 Å². The number of hydrogen-bond donors (Lipinski definition) is 1. The zero-order valence-electron chi connectivity index (χ0n) is 10.4. The Bertz CT molecular complexity index is 547. The molecule has 1 N–H and O–H groups in total. The number of benzene rings is 1. The SMILES string of the molecule is COC(=O)CC=Cc1cc(C(=O)O)cc(C(F)(F)F)c1. The van der Waals surface area contributed by atoms with Crippen LogP contribution in [0.4, 0.5) is 13.2 Å². The Kier molecular flexibility index (Phi) is 4.90. The van der Waals surface area contributed by atoms with Gasteiger partial charge in [0.2, 0.25) is 0 Å². The van der Waals surface area contributed by atoms with Gasteiger partial charge in [-0.3, -0.25) is 4.79 Å². The van der Waals surface area contributed by atoms with Gasteiger partial charge in [-0.15, -0.1) is 0 Å². The van der Waals surface area contributed by atoms with Gasteiger partial charge in [0.05, 0.1) is 24.7 Å². The monoisotopic (exact) mass is 288 g/mol. The molecule has 0 aliphatic heterocycles. The smallest absolute Gasteiger partial charge is 0.416 e. The van der Waals surface area contributed by atoms with Crippen LogP contribution in [0.3, 0.4) is 0 Å². The third kappa shape index (κ3) is 4.42. The van der Waals surface area contributed by atoms with Crippen molar-refractivity contribution >= 4 is 18.0 Å². The summed E-state index contributed by atoms with van der Waals surface area (Å²) in [7, 11) is 1.18. The van der Waals surface area contributed by atoms with E-state index < -0.39 is 29.2 Å². The molecule has 1 aromatic rings. The van der Waals surface area contributed by atoms with E-state index in [1.54, 1.807) is 0 Å². The predicted octanol–water partition coefficient (Wildman–Crippen LogP) is 2.98. The second-order valence-corrected chi connectivity index (χ2v) is 3.83. The van der Waals surface area contributed by atoms with Crippen molar-refractivity contribution in [2.75, 3.05) is 7.11 Å². The normalized spacial score (nSPS) is 11.6. The zero-order valence-corrected chi connectivity index (χ0v) is 10.4. The minimum atomic E-state index is -4.64. The van der Waals surface area contributed by atoms with Crippen molar-refractivity contribution in [1.29, 1.82) is 0 Å². The molecule has 0 aliphatic rings. The maximum atomic E-state index is 12.6. The third-order valence-electron chi connectivity index (χ3n) is 2.35. The second-order valence-electron chi connectivity index (χ2n) is 3.83. The molecular weight excluding hydrogens is 277 g/mol. The molecule has 0 aliphatic carbocycles. The molecule has 0 unspecified atom stereocenters. The lowest BCUT2D eigenvalue weighted by Gasteiger charge is -2.09. The van der Waals surface area contributed by atoms with E-state index in [1.807, 2.05) is 0 Å². The van der Waals surface area contributed by atoms with Crippen molar-refractivity contribution in [2.24, 2.45) is 0 Å². The molecule has 0 radical (unpaired) electrons. The van der Waals surface area contributed by atoms with Gasteiger partial charge in [-0.25, -0.2) is 4.79 Å². The van der Waals surface area contributed by atoms with Gasteiger partial charge in [-0.2, -0.15) is 13.2 Å². The molecule has 108 valence electrons. The van der Waals surface area contributed by atoms with Gasteiger partial charge in [0.15, 0.2) is 0 Å². The summed E-state index contributed by atoms with van der Waals surface area (Å²) in [6, 6.07) is 2.45. The topological polar surface area (TPSA) is 63.6 Å². The summed E-state index contributed by atoms with van der Waals surface area (Å²) in [6.07, 6.45) is -2.23. The largest absolute Gasteiger partial charge is 0.478 e. The van der Waals surface area contributed by atoms with E-state index >= 15 is 0 Å². The molecule has 20 heavy (non-hydrogen) atoms. The summed E-state index contributed by atoms with van der Waals surface area (Å²) in [5, 5.41) is 8.79. The number of aromatic carboxylic acids is 1. The number of carbonyl (C=O) groups excluding carboxylic acids is 1. The molecule has 1 rings (SSSR count). The average molecular weight is 288 g/mol. The quantitative estimate of drug-likeness (QED) is 0.865. The summed E-state index contributed by atoms with van der Waals surface area (Å²) in [5.41, 5.74) is -1.49. The van der Waals surface area contributed by atoms with Crippen LogP contribution in [0.15, 0.2) is 24.3 Å². The van der Waals surface area contributed by atoms with Crippen LogP contribution in [0, 0.1) is 0 Å². The van der Waals surface area contributed by atoms with Crippen LogP contribution in [-0.4, -0.2) is 24.2 Å². The van der Waals surface area contributed by atoms with Crippen LogP contribution < -0.4 is 0 Å². The van der Waals surface area contributed by atoms with Crippen molar-refractivity contribution in [3.05, 3.63) is 41.0 Å². The Morgan fingerprint density at radius 1 is 1.30 bits per heavy atom. The first kappa shape index (κ1) is 15.7. The van der Waals surface area contributed by atoms with E-state index in [-0.39, 0.29) is 12.0 Å². The van der Waals surface area contributed by atoms with Crippen LogP contribution in [0.25, 0.3) is 6.08 Å². The Morgan fingerprint density at radius 2 is 1.95 bits per heavy atom. The molecular formula is C13H11F3O4. The Hall–Kier alpha value is -2.31. The first-order valence-corrected chi connectivity index (χ1v) is 5.43. The molecule has 0 bridgehead atoms. The number of alkyl halides is 3. The van der Waals surface area contributed by atoms with Gasteiger partial charge in [-0.05, 0) is 23.8 Å². The minimum Gasteiger partial charge on any atom is -0.478 e. The summed E-state index contributed by atoms with van der Waals surface area (Å²) in [5.74, 6) is -2.01. The first-order valence-electron chi connectivity index (χ1n) is 5.43. The highest BCUT2D eigenvalue weighted by atomic mass is 19.4. The number of esters is 1.